The number of hydrogen-bond acceptors (Lipinski definition) is 4. The molecule has 168 valence electrons. The molecule has 1 aliphatic heterocycles. The Bertz CT molecular complexity index is 1100. The number of hydrogen-bond donors (Lipinski definition) is 0. The highest BCUT2D eigenvalue weighted by Gasteiger charge is 2.30. The largest absolute Gasteiger partial charge is 0.338 e. The van der Waals surface area contributed by atoms with E-state index in [1.54, 1.807) is 18.7 Å². The maximum absolute atomic E-state index is 13.0. The average molecular weight is 466 g/mol. The number of halogens is 1. The summed E-state index contributed by atoms with van der Waals surface area (Å²) in [6.45, 7) is 4.59. The standard InChI is InChI=1S/C22H28ClN3O4S/c1-3-25(4-2)31(29,30)19-11-12-21(27)24(15-19)16-22(28)26-13-7-9-18(26)14-17-8-5-6-10-20(17)23/h5-6,8,10-12,15,18H,3-4,7,9,13-14,16H2,1-2H3. The zero-order chi connectivity index (χ0) is 22.6. The third kappa shape index (κ3) is 5.19. The zero-order valence-electron chi connectivity index (χ0n) is 17.8. The third-order valence-corrected chi connectivity index (χ3v) is 8.12. The molecule has 0 N–H and O–H groups in total. The fraction of sp³-hybridized carbons (Fsp3) is 0.455. The maximum atomic E-state index is 13.0. The van der Waals surface area contributed by atoms with Gasteiger partial charge in [0.05, 0.1) is 4.90 Å². The number of carbonyl (C=O) groups is 1. The Morgan fingerprint density at radius 3 is 2.55 bits per heavy atom. The van der Waals surface area contributed by atoms with E-state index < -0.39 is 15.6 Å². The second-order valence-corrected chi connectivity index (χ2v) is 9.94. The number of likely N-dealkylation sites (tertiary alicyclic amines) is 1. The molecule has 2 aromatic rings. The van der Waals surface area contributed by atoms with Crippen LogP contribution >= 0.6 is 11.6 Å². The SMILES string of the molecule is CCN(CC)S(=O)(=O)c1ccc(=O)n(CC(=O)N2CCCC2Cc2ccccc2Cl)c1. The van der Waals surface area contributed by atoms with E-state index in [-0.39, 0.29) is 23.4 Å². The maximum Gasteiger partial charge on any atom is 0.251 e. The summed E-state index contributed by atoms with van der Waals surface area (Å²) in [7, 11) is -3.72. The first kappa shape index (κ1) is 23.5. The van der Waals surface area contributed by atoms with Gasteiger partial charge in [-0.25, -0.2) is 8.42 Å². The topological polar surface area (TPSA) is 79.7 Å². The lowest BCUT2D eigenvalue weighted by molar-refractivity contribution is -0.132. The van der Waals surface area contributed by atoms with Gasteiger partial charge >= 0.3 is 0 Å². The van der Waals surface area contributed by atoms with Crippen molar-refractivity contribution < 1.29 is 13.2 Å². The van der Waals surface area contributed by atoms with Crippen molar-refractivity contribution in [2.45, 2.75) is 50.6 Å². The number of rotatable bonds is 8. The minimum absolute atomic E-state index is 0.00527. The number of sulfonamides is 1. The highest BCUT2D eigenvalue weighted by atomic mass is 35.5. The smallest absolute Gasteiger partial charge is 0.251 e. The summed E-state index contributed by atoms with van der Waals surface area (Å²) < 4.78 is 28.1. The van der Waals surface area contributed by atoms with E-state index in [1.807, 2.05) is 24.3 Å². The van der Waals surface area contributed by atoms with Crippen LogP contribution in [-0.4, -0.2) is 53.8 Å². The number of pyridine rings is 1. The first-order chi connectivity index (χ1) is 14.8. The van der Waals surface area contributed by atoms with Crippen LogP contribution in [0.2, 0.25) is 5.02 Å². The summed E-state index contributed by atoms with van der Waals surface area (Å²) in [5, 5.41) is 0.673. The minimum Gasteiger partial charge on any atom is -0.338 e. The van der Waals surface area contributed by atoms with Crippen LogP contribution in [0.4, 0.5) is 0 Å². The Morgan fingerprint density at radius 2 is 1.87 bits per heavy atom. The third-order valence-electron chi connectivity index (χ3n) is 5.72. The summed E-state index contributed by atoms with van der Waals surface area (Å²) in [6, 6.07) is 10.1. The molecular weight excluding hydrogens is 438 g/mol. The van der Waals surface area contributed by atoms with E-state index in [9.17, 15) is 18.0 Å². The Hall–Kier alpha value is -2.16. The predicted molar refractivity (Wildman–Crippen MR) is 121 cm³/mol. The van der Waals surface area contributed by atoms with Gasteiger partial charge in [0.2, 0.25) is 15.9 Å². The van der Waals surface area contributed by atoms with Crippen molar-refractivity contribution >= 4 is 27.5 Å². The quantitative estimate of drug-likeness (QED) is 0.600. The van der Waals surface area contributed by atoms with Crippen molar-refractivity contribution in [2.75, 3.05) is 19.6 Å². The molecule has 2 heterocycles. The van der Waals surface area contributed by atoms with Crippen molar-refractivity contribution in [3.05, 3.63) is 63.5 Å². The second-order valence-electron chi connectivity index (χ2n) is 7.60. The normalized spacial score (nSPS) is 16.8. The lowest BCUT2D eigenvalue weighted by atomic mass is 10.0. The van der Waals surface area contributed by atoms with Crippen LogP contribution in [0.1, 0.15) is 32.3 Å². The molecule has 3 rings (SSSR count). The molecule has 1 unspecified atom stereocenters. The fourth-order valence-electron chi connectivity index (χ4n) is 4.03. The van der Waals surface area contributed by atoms with Crippen LogP contribution in [0.15, 0.2) is 52.3 Å². The van der Waals surface area contributed by atoms with Crippen LogP contribution in [-0.2, 0) is 27.8 Å². The molecule has 0 saturated carbocycles. The summed E-state index contributed by atoms with van der Waals surface area (Å²) in [5.41, 5.74) is 0.576. The Morgan fingerprint density at radius 1 is 1.16 bits per heavy atom. The van der Waals surface area contributed by atoms with Crippen molar-refractivity contribution in [2.24, 2.45) is 0 Å². The lowest BCUT2D eigenvalue weighted by Crippen LogP contribution is -2.40. The van der Waals surface area contributed by atoms with Crippen LogP contribution in [0.25, 0.3) is 0 Å². The van der Waals surface area contributed by atoms with Gasteiger partial charge < -0.3 is 9.47 Å². The Kier molecular flexibility index (Phi) is 7.56. The second kappa shape index (κ2) is 9.97. The van der Waals surface area contributed by atoms with Gasteiger partial charge in [0, 0.05) is 43.0 Å². The number of aromatic nitrogens is 1. The Labute approximate surface area is 188 Å². The van der Waals surface area contributed by atoms with E-state index in [0.29, 0.717) is 31.1 Å². The number of nitrogens with zero attached hydrogens (tertiary/aromatic N) is 3. The fourth-order valence-corrected chi connectivity index (χ4v) is 5.72. The molecule has 1 fully saturated rings. The van der Waals surface area contributed by atoms with E-state index in [1.165, 1.54) is 27.2 Å². The number of carbonyl (C=O) groups excluding carboxylic acids is 1. The van der Waals surface area contributed by atoms with Crippen LogP contribution < -0.4 is 5.56 Å². The van der Waals surface area contributed by atoms with Gasteiger partial charge in [-0.3, -0.25) is 9.59 Å². The van der Waals surface area contributed by atoms with Gasteiger partial charge in [-0.15, -0.1) is 0 Å². The van der Waals surface area contributed by atoms with Crippen LogP contribution in [0, 0.1) is 0 Å². The Balaban J connectivity index is 1.79. The molecule has 1 aromatic carbocycles. The van der Waals surface area contributed by atoms with Gasteiger partial charge in [0.15, 0.2) is 0 Å². The molecule has 0 bridgehead atoms. The molecule has 1 aliphatic rings. The van der Waals surface area contributed by atoms with Crippen LogP contribution in [0.3, 0.4) is 0 Å². The van der Waals surface area contributed by atoms with Gasteiger partial charge in [-0.1, -0.05) is 43.6 Å². The van der Waals surface area contributed by atoms with Crippen molar-refractivity contribution in [1.29, 1.82) is 0 Å². The average Bonchev–Trinajstić information content (AvgIpc) is 3.20. The first-order valence-electron chi connectivity index (χ1n) is 10.5. The molecule has 9 heteroatoms. The molecule has 1 aromatic heterocycles. The molecule has 1 saturated heterocycles. The molecule has 0 radical (unpaired) electrons. The first-order valence-corrected chi connectivity index (χ1v) is 12.3. The molecule has 0 spiro atoms. The predicted octanol–water partition coefficient (Wildman–Crippen LogP) is 2.77. The lowest BCUT2D eigenvalue weighted by Gasteiger charge is -2.26. The summed E-state index contributed by atoms with van der Waals surface area (Å²) in [5.74, 6) is -0.200. The molecule has 31 heavy (non-hydrogen) atoms. The zero-order valence-corrected chi connectivity index (χ0v) is 19.4. The van der Waals surface area contributed by atoms with E-state index in [4.69, 9.17) is 11.6 Å². The highest BCUT2D eigenvalue weighted by molar-refractivity contribution is 7.89. The van der Waals surface area contributed by atoms with Crippen molar-refractivity contribution in [3.8, 4) is 0 Å². The molecule has 0 aliphatic carbocycles. The van der Waals surface area contributed by atoms with Gasteiger partial charge in [0.25, 0.3) is 5.56 Å². The number of benzene rings is 1. The summed E-state index contributed by atoms with van der Waals surface area (Å²) >= 11 is 6.28. The van der Waals surface area contributed by atoms with Crippen LogP contribution in [0.5, 0.6) is 0 Å². The molecule has 7 nitrogen and oxygen atoms in total. The molecule has 1 amide bonds. The highest BCUT2D eigenvalue weighted by Crippen LogP contribution is 2.25. The molecular formula is C22H28ClN3O4S. The van der Waals surface area contributed by atoms with E-state index >= 15 is 0 Å². The summed E-state index contributed by atoms with van der Waals surface area (Å²) in [6.07, 6.45) is 3.66. The molecule has 1 atom stereocenters. The van der Waals surface area contributed by atoms with Gasteiger partial charge in [0.1, 0.15) is 6.54 Å². The number of amides is 1. The van der Waals surface area contributed by atoms with E-state index in [2.05, 4.69) is 0 Å². The minimum atomic E-state index is -3.72. The summed E-state index contributed by atoms with van der Waals surface area (Å²) in [4.78, 5) is 27.2. The van der Waals surface area contributed by atoms with E-state index in [0.717, 1.165) is 18.4 Å². The van der Waals surface area contributed by atoms with Crippen molar-refractivity contribution in [3.63, 3.8) is 0 Å². The van der Waals surface area contributed by atoms with Gasteiger partial charge in [-0.05, 0) is 37.0 Å². The monoisotopic (exact) mass is 465 g/mol. The van der Waals surface area contributed by atoms with Crippen molar-refractivity contribution in [1.82, 2.24) is 13.8 Å². The van der Waals surface area contributed by atoms with Gasteiger partial charge in [-0.2, -0.15) is 4.31 Å².